The zero-order chi connectivity index (χ0) is 24.0. The van der Waals surface area contributed by atoms with Gasteiger partial charge in [-0.1, -0.05) is 0 Å². The Kier molecular flexibility index (Phi) is 6.11. The second kappa shape index (κ2) is 8.59. The largest absolute Gasteiger partial charge is 0.493 e. The van der Waals surface area contributed by atoms with Crippen LogP contribution < -0.4 is 14.8 Å². The zero-order valence-electron chi connectivity index (χ0n) is 19.3. The highest BCUT2D eigenvalue weighted by Crippen LogP contribution is 2.41. The average molecular weight is 468 g/mol. The lowest BCUT2D eigenvalue weighted by atomic mass is 9.82. The van der Waals surface area contributed by atoms with Crippen LogP contribution in [0.4, 0.5) is 13.2 Å². The molecule has 0 radical (unpaired) electrons. The Hall–Kier alpha value is -2.68. The minimum absolute atomic E-state index is 0. The van der Waals surface area contributed by atoms with E-state index in [1.807, 2.05) is 20.8 Å². The Morgan fingerprint density at radius 3 is 2.48 bits per heavy atom. The minimum atomic E-state index is -4.39. The molecule has 2 aliphatic rings. The Morgan fingerprint density at radius 1 is 1.18 bits per heavy atom. The molecular formula is C24H32F3N3O3. The summed E-state index contributed by atoms with van der Waals surface area (Å²) >= 11 is 0. The predicted molar refractivity (Wildman–Crippen MR) is 120 cm³/mol. The number of piperidine rings is 1. The molecule has 3 heterocycles. The van der Waals surface area contributed by atoms with Crippen molar-refractivity contribution in [2.45, 2.75) is 64.0 Å². The van der Waals surface area contributed by atoms with Crippen molar-refractivity contribution >= 4 is 5.91 Å². The molecule has 1 spiro atoms. The number of likely N-dealkylation sites (tertiary alicyclic amines) is 1. The molecule has 1 saturated heterocycles. The van der Waals surface area contributed by atoms with Gasteiger partial charge in [-0.3, -0.25) is 4.79 Å². The third-order valence-corrected chi connectivity index (χ3v) is 6.42. The summed E-state index contributed by atoms with van der Waals surface area (Å²) in [4.78, 5) is 14.9. The maximum absolute atomic E-state index is 13.5. The maximum Gasteiger partial charge on any atom is 0.431 e. The van der Waals surface area contributed by atoms with Gasteiger partial charge in [0.1, 0.15) is 5.69 Å². The number of carbonyl (C=O) groups is 1. The van der Waals surface area contributed by atoms with E-state index in [0.29, 0.717) is 48.7 Å². The molecule has 1 aromatic heterocycles. The Morgan fingerprint density at radius 2 is 1.88 bits per heavy atom. The second-order valence-corrected chi connectivity index (χ2v) is 9.16. The van der Waals surface area contributed by atoms with Crippen molar-refractivity contribution in [3.63, 3.8) is 0 Å². The number of aromatic nitrogens is 1. The molecule has 1 aromatic carbocycles. The third-order valence-electron chi connectivity index (χ3n) is 6.42. The summed E-state index contributed by atoms with van der Waals surface area (Å²) < 4.78 is 53.0. The van der Waals surface area contributed by atoms with Crippen LogP contribution in [0.5, 0.6) is 11.5 Å². The maximum atomic E-state index is 13.5. The molecule has 0 aliphatic carbocycles. The van der Waals surface area contributed by atoms with E-state index in [-0.39, 0.29) is 26.0 Å². The molecular weight excluding hydrogens is 435 g/mol. The number of fused-ring (bicyclic) bond motifs is 2. The first kappa shape index (κ1) is 23.5. The lowest BCUT2D eigenvalue weighted by Crippen LogP contribution is -2.59. The first-order valence-corrected chi connectivity index (χ1v) is 11.2. The van der Waals surface area contributed by atoms with Crippen LogP contribution in [0, 0.1) is 0 Å². The van der Waals surface area contributed by atoms with Gasteiger partial charge in [0.05, 0.1) is 18.8 Å². The summed E-state index contributed by atoms with van der Waals surface area (Å²) in [6.45, 7) is 6.88. The number of alkyl halides is 3. The van der Waals surface area contributed by atoms with E-state index < -0.39 is 17.4 Å². The highest BCUT2D eigenvalue weighted by molar-refractivity contribution is 5.95. The first-order valence-electron chi connectivity index (χ1n) is 11.2. The number of nitrogens with one attached hydrogen (secondary N) is 1. The van der Waals surface area contributed by atoms with E-state index in [4.69, 9.17) is 9.47 Å². The molecule has 1 N–H and O–H groups in total. The van der Waals surface area contributed by atoms with Crippen LogP contribution in [-0.2, 0) is 18.3 Å². The molecule has 0 saturated carbocycles. The molecule has 9 heteroatoms. The van der Waals surface area contributed by atoms with Crippen molar-refractivity contribution in [2.75, 3.05) is 20.2 Å². The number of carbonyl (C=O) groups excluding carboxylic acids is 1. The number of halogens is 3. The molecule has 33 heavy (non-hydrogen) atoms. The normalized spacial score (nSPS) is 20.1. The van der Waals surface area contributed by atoms with Gasteiger partial charge >= 0.3 is 6.18 Å². The summed E-state index contributed by atoms with van der Waals surface area (Å²) in [5, 5.41) is 3.53. The molecule has 2 aliphatic heterocycles. The molecule has 6 nitrogen and oxygen atoms in total. The van der Waals surface area contributed by atoms with Crippen LogP contribution in [0.3, 0.4) is 0 Å². The Balaban J connectivity index is 0.00000324. The van der Waals surface area contributed by atoms with Gasteiger partial charge in [0.2, 0.25) is 0 Å². The fraction of sp³-hybridized carbons (Fsp3) is 0.542. The number of hydrogen-bond acceptors (Lipinski definition) is 4. The number of benzene rings is 1. The van der Waals surface area contributed by atoms with Crippen molar-refractivity contribution in [3.8, 4) is 11.5 Å². The molecule has 4 rings (SSSR count). The molecule has 1 atom stereocenters. The van der Waals surface area contributed by atoms with Gasteiger partial charge in [-0.15, -0.1) is 0 Å². The van der Waals surface area contributed by atoms with Crippen molar-refractivity contribution in [2.24, 2.45) is 0 Å². The van der Waals surface area contributed by atoms with Gasteiger partial charge in [0.25, 0.3) is 5.91 Å². The number of amides is 1. The lowest BCUT2D eigenvalue weighted by molar-refractivity contribution is -0.144. The first-order chi connectivity index (χ1) is 15.5. The van der Waals surface area contributed by atoms with Crippen LogP contribution in [-0.4, -0.2) is 47.7 Å². The SMILES string of the molecule is COc1cc(C(=O)N2CCC3(CC2)N[C@H](C)Cn2c(C(F)(F)F)ccc23)ccc1OC(C)C.[HH]. The summed E-state index contributed by atoms with van der Waals surface area (Å²) in [5.74, 6) is 0.932. The Labute approximate surface area is 193 Å². The van der Waals surface area contributed by atoms with Crippen LogP contribution >= 0.6 is 0 Å². The van der Waals surface area contributed by atoms with Gasteiger partial charge in [0.15, 0.2) is 11.5 Å². The summed E-state index contributed by atoms with van der Waals surface area (Å²) in [6, 6.07) is 7.76. The minimum Gasteiger partial charge on any atom is -0.493 e. The third kappa shape index (κ3) is 4.43. The van der Waals surface area contributed by atoms with Gasteiger partial charge in [-0.2, -0.15) is 13.2 Å². The van der Waals surface area contributed by atoms with Crippen molar-refractivity contribution in [1.29, 1.82) is 0 Å². The number of methoxy groups -OCH3 is 1. The van der Waals surface area contributed by atoms with E-state index in [1.54, 1.807) is 29.2 Å². The zero-order valence-corrected chi connectivity index (χ0v) is 19.3. The summed E-state index contributed by atoms with van der Waals surface area (Å²) in [6.07, 6.45) is -3.34. The molecule has 1 fully saturated rings. The molecule has 0 bridgehead atoms. The Bertz CT molecular complexity index is 1030. The number of hydrogen-bond donors (Lipinski definition) is 1. The van der Waals surface area contributed by atoms with Gasteiger partial charge < -0.3 is 24.3 Å². The smallest absolute Gasteiger partial charge is 0.431 e. The second-order valence-electron chi connectivity index (χ2n) is 9.16. The summed E-state index contributed by atoms with van der Waals surface area (Å²) in [5.41, 5.74) is -0.0482. The van der Waals surface area contributed by atoms with Crippen LogP contribution in [0.1, 0.15) is 56.8 Å². The van der Waals surface area contributed by atoms with E-state index in [9.17, 15) is 18.0 Å². The molecule has 182 valence electrons. The van der Waals surface area contributed by atoms with E-state index >= 15 is 0 Å². The van der Waals surface area contributed by atoms with Crippen LogP contribution in [0.2, 0.25) is 0 Å². The van der Waals surface area contributed by atoms with Crippen LogP contribution in [0.15, 0.2) is 30.3 Å². The van der Waals surface area contributed by atoms with Crippen molar-refractivity contribution < 1.29 is 28.9 Å². The van der Waals surface area contributed by atoms with E-state index in [0.717, 1.165) is 0 Å². The van der Waals surface area contributed by atoms with E-state index in [1.165, 1.54) is 17.7 Å². The molecule has 0 unspecified atom stereocenters. The van der Waals surface area contributed by atoms with E-state index in [2.05, 4.69) is 5.32 Å². The molecule has 2 aromatic rings. The fourth-order valence-electron chi connectivity index (χ4n) is 5.02. The topological polar surface area (TPSA) is 55.7 Å². The lowest BCUT2D eigenvalue weighted by Gasteiger charge is -2.47. The highest BCUT2D eigenvalue weighted by Gasteiger charge is 2.46. The summed E-state index contributed by atoms with van der Waals surface area (Å²) in [7, 11) is 1.53. The van der Waals surface area contributed by atoms with Gasteiger partial charge in [-0.05, 0) is 63.9 Å². The predicted octanol–water partition coefficient (Wildman–Crippen LogP) is 4.67. The highest BCUT2D eigenvalue weighted by atomic mass is 19.4. The number of nitrogens with zero attached hydrogens (tertiary/aromatic N) is 2. The quantitative estimate of drug-likeness (QED) is 0.710. The van der Waals surface area contributed by atoms with Crippen molar-refractivity contribution in [1.82, 2.24) is 14.8 Å². The van der Waals surface area contributed by atoms with Crippen molar-refractivity contribution in [3.05, 3.63) is 47.3 Å². The van der Waals surface area contributed by atoms with Crippen LogP contribution in [0.25, 0.3) is 0 Å². The number of ether oxygens (including phenoxy) is 2. The number of rotatable bonds is 4. The standard InChI is InChI=1S/C24H30F3N3O3.H2/c1-15(2)33-18-6-5-17(13-19(18)32-4)22(31)29-11-9-23(10-12-29)20-7-8-21(24(25,26)27)30(20)14-16(3)28-23;/h5-8,13,15-16,28H,9-12,14H2,1-4H3;1H/t16-;/m1./s1. The van der Waals surface area contributed by atoms with Gasteiger partial charge in [-0.25, -0.2) is 0 Å². The average Bonchev–Trinajstić information content (AvgIpc) is 3.19. The monoisotopic (exact) mass is 467 g/mol. The van der Waals surface area contributed by atoms with Gasteiger partial charge in [0, 0.05) is 38.4 Å². The fourth-order valence-corrected chi connectivity index (χ4v) is 5.02. The molecule has 1 amide bonds.